The van der Waals surface area contributed by atoms with E-state index in [4.69, 9.17) is 5.73 Å². The standard InChI is InChI=1S/C13H19F3N2O2S.ClH/c1-8(2)6-13(3,7-17)18-21(19,20)9-4-10(14)12(16)11(15)5-9;/h4-5,8,18H,6-7,17H2,1-3H3;1H. The zero-order valence-electron chi connectivity index (χ0n) is 12.5. The fourth-order valence-electron chi connectivity index (χ4n) is 2.14. The van der Waals surface area contributed by atoms with Gasteiger partial charge in [-0.25, -0.2) is 26.3 Å². The lowest BCUT2D eigenvalue weighted by Crippen LogP contribution is -2.52. The SMILES string of the molecule is CC(C)CC(C)(CN)NS(=O)(=O)c1cc(F)c(F)c(F)c1.Cl. The Labute approximate surface area is 134 Å². The molecule has 1 aromatic rings. The molecule has 0 aliphatic rings. The van der Waals surface area contributed by atoms with Gasteiger partial charge in [-0.15, -0.1) is 12.4 Å². The summed E-state index contributed by atoms with van der Waals surface area (Å²) in [5, 5.41) is 0. The molecule has 1 rings (SSSR count). The minimum atomic E-state index is -4.21. The summed E-state index contributed by atoms with van der Waals surface area (Å²) < 4.78 is 65.9. The van der Waals surface area contributed by atoms with Gasteiger partial charge in [-0.1, -0.05) is 13.8 Å². The van der Waals surface area contributed by atoms with Crippen molar-refractivity contribution in [3.63, 3.8) is 0 Å². The third kappa shape index (κ3) is 5.12. The predicted octanol–water partition coefficient (Wildman–Crippen LogP) is 2.57. The van der Waals surface area contributed by atoms with Crippen molar-refractivity contribution in [1.29, 1.82) is 0 Å². The molecular formula is C13H20ClF3N2O2S. The van der Waals surface area contributed by atoms with Crippen molar-refractivity contribution in [2.24, 2.45) is 11.7 Å². The van der Waals surface area contributed by atoms with Crippen LogP contribution in [0.4, 0.5) is 13.2 Å². The van der Waals surface area contributed by atoms with Crippen LogP contribution in [0.2, 0.25) is 0 Å². The first-order chi connectivity index (χ1) is 9.50. The molecule has 0 aliphatic heterocycles. The topological polar surface area (TPSA) is 72.2 Å². The summed E-state index contributed by atoms with van der Waals surface area (Å²) in [6.45, 7) is 5.39. The van der Waals surface area contributed by atoms with Crippen molar-refractivity contribution in [2.45, 2.75) is 37.6 Å². The quantitative estimate of drug-likeness (QED) is 0.766. The monoisotopic (exact) mass is 360 g/mol. The first kappa shape index (κ1) is 21.2. The van der Waals surface area contributed by atoms with Crippen molar-refractivity contribution >= 4 is 22.4 Å². The summed E-state index contributed by atoms with van der Waals surface area (Å²) in [5.74, 6) is -4.68. The molecule has 3 N–H and O–H groups in total. The Bertz CT molecular complexity index is 603. The van der Waals surface area contributed by atoms with E-state index in [1.807, 2.05) is 13.8 Å². The zero-order valence-corrected chi connectivity index (χ0v) is 14.1. The van der Waals surface area contributed by atoms with E-state index in [-0.39, 0.29) is 24.9 Å². The number of halogens is 4. The van der Waals surface area contributed by atoms with Crippen LogP contribution in [0.3, 0.4) is 0 Å². The molecule has 22 heavy (non-hydrogen) atoms. The number of benzene rings is 1. The molecule has 1 aromatic carbocycles. The molecule has 1 atom stereocenters. The molecule has 0 aliphatic carbocycles. The lowest BCUT2D eigenvalue weighted by atomic mass is 9.92. The molecule has 0 heterocycles. The van der Waals surface area contributed by atoms with Crippen LogP contribution in [0.1, 0.15) is 27.2 Å². The number of hydrogen-bond donors (Lipinski definition) is 2. The van der Waals surface area contributed by atoms with Crippen molar-refractivity contribution in [3.8, 4) is 0 Å². The minimum Gasteiger partial charge on any atom is -0.329 e. The van der Waals surface area contributed by atoms with Crippen LogP contribution in [-0.4, -0.2) is 20.5 Å². The van der Waals surface area contributed by atoms with Gasteiger partial charge in [0.1, 0.15) is 0 Å². The molecule has 0 bridgehead atoms. The summed E-state index contributed by atoms with van der Waals surface area (Å²) in [6, 6.07) is 0.875. The molecular weight excluding hydrogens is 341 g/mol. The van der Waals surface area contributed by atoms with Gasteiger partial charge in [-0.2, -0.15) is 0 Å². The molecule has 1 unspecified atom stereocenters. The van der Waals surface area contributed by atoms with E-state index >= 15 is 0 Å². The molecule has 0 spiro atoms. The van der Waals surface area contributed by atoms with Crippen LogP contribution >= 0.6 is 12.4 Å². The fourth-order valence-corrected chi connectivity index (χ4v) is 3.59. The molecule has 0 aromatic heterocycles. The number of rotatable bonds is 6. The average molecular weight is 361 g/mol. The highest BCUT2D eigenvalue weighted by Crippen LogP contribution is 2.22. The van der Waals surface area contributed by atoms with Gasteiger partial charge >= 0.3 is 0 Å². The Morgan fingerprint density at radius 2 is 1.68 bits per heavy atom. The van der Waals surface area contributed by atoms with Gasteiger partial charge < -0.3 is 5.73 Å². The molecule has 0 amide bonds. The van der Waals surface area contributed by atoms with Gasteiger partial charge in [0.15, 0.2) is 17.5 Å². The largest absolute Gasteiger partial charge is 0.329 e. The number of sulfonamides is 1. The summed E-state index contributed by atoms with van der Waals surface area (Å²) >= 11 is 0. The second-order valence-electron chi connectivity index (χ2n) is 5.67. The van der Waals surface area contributed by atoms with Crippen LogP contribution in [0, 0.1) is 23.4 Å². The molecule has 0 saturated carbocycles. The molecule has 4 nitrogen and oxygen atoms in total. The molecule has 0 saturated heterocycles. The maximum absolute atomic E-state index is 13.2. The van der Waals surface area contributed by atoms with Crippen molar-refractivity contribution in [2.75, 3.05) is 6.54 Å². The average Bonchev–Trinajstić information content (AvgIpc) is 2.33. The van der Waals surface area contributed by atoms with E-state index in [0.29, 0.717) is 18.6 Å². The normalized spacial score (nSPS) is 14.5. The molecule has 0 fully saturated rings. The minimum absolute atomic E-state index is 0. The van der Waals surface area contributed by atoms with Crippen molar-refractivity contribution < 1.29 is 21.6 Å². The highest BCUT2D eigenvalue weighted by Gasteiger charge is 2.31. The van der Waals surface area contributed by atoms with Gasteiger partial charge in [-0.05, 0) is 31.4 Å². The maximum Gasteiger partial charge on any atom is 0.241 e. The van der Waals surface area contributed by atoms with Crippen LogP contribution in [0.25, 0.3) is 0 Å². The van der Waals surface area contributed by atoms with Gasteiger partial charge in [0, 0.05) is 12.1 Å². The lowest BCUT2D eigenvalue weighted by Gasteiger charge is -2.30. The Morgan fingerprint density at radius 1 is 1.23 bits per heavy atom. The van der Waals surface area contributed by atoms with Crippen molar-refractivity contribution in [3.05, 3.63) is 29.6 Å². The number of hydrogen-bond acceptors (Lipinski definition) is 3. The van der Waals surface area contributed by atoms with E-state index in [9.17, 15) is 21.6 Å². The Kier molecular flexibility index (Phi) is 7.34. The number of nitrogens with one attached hydrogen (secondary N) is 1. The van der Waals surface area contributed by atoms with Crippen LogP contribution in [-0.2, 0) is 10.0 Å². The maximum atomic E-state index is 13.2. The Hall–Kier alpha value is -0.830. The summed E-state index contributed by atoms with van der Waals surface area (Å²) in [5.41, 5.74) is 4.63. The van der Waals surface area contributed by atoms with E-state index < -0.39 is 37.9 Å². The lowest BCUT2D eigenvalue weighted by molar-refractivity contribution is 0.344. The van der Waals surface area contributed by atoms with Crippen molar-refractivity contribution in [1.82, 2.24) is 4.72 Å². The first-order valence-electron chi connectivity index (χ1n) is 6.39. The van der Waals surface area contributed by atoms with E-state index in [2.05, 4.69) is 4.72 Å². The molecule has 0 radical (unpaired) electrons. The summed E-state index contributed by atoms with van der Waals surface area (Å²) in [7, 11) is -4.21. The smallest absolute Gasteiger partial charge is 0.241 e. The van der Waals surface area contributed by atoms with E-state index in [1.165, 1.54) is 0 Å². The summed E-state index contributed by atoms with van der Waals surface area (Å²) in [6.07, 6.45) is 0.439. The highest BCUT2D eigenvalue weighted by atomic mass is 35.5. The molecule has 9 heteroatoms. The Balaban J connectivity index is 0.00000441. The van der Waals surface area contributed by atoms with E-state index in [0.717, 1.165) is 0 Å². The van der Waals surface area contributed by atoms with Crippen LogP contribution in [0.15, 0.2) is 17.0 Å². The predicted molar refractivity (Wildman–Crippen MR) is 80.8 cm³/mol. The van der Waals surface area contributed by atoms with Gasteiger partial charge in [-0.3, -0.25) is 0 Å². The van der Waals surface area contributed by atoms with Crippen LogP contribution in [0.5, 0.6) is 0 Å². The highest BCUT2D eigenvalue weighted by molar-refractivity contribution is 7.89. The van der Waals surface area contributed by atoms with E-state index in [1.54, 1.807) is 6.92 Å². The second-order valence-corrected chi connectivity index (χ2v) is 7.35. The van der Waals surface area contributed by atoms with Gasteiger partial charge in [0.2, 0.25) is 10.0 Å². The Morgan fingerprint density at radius 3 is 2.05 bits per heavy atom. The third-order valence-corrected chi connectivity index (χ3v) is 4.58. The van der Waals surface area contributed by atoms with Gasteiger partial charge in [0.25, 0.3) is 0 Å². The third-order valence-electron chi connectivity index (χ3n) is 2.96. The second kappa shape index (κ2) is 7.63. The van der Waals surface area contributed by atoms with Crippen LogP contribution < -0.4 is 10.5 Å². The molecule has 128 valence electrons. The summed E-state index contributed by atoms with van der Waals surface area (Å²) in [4.78, 5) is -0.678. The fraction of sp³-hybridized carbons (Fsp3) is 0.538. The van der Waals surface area contributed by atoms with Gasteiger partial charge in [0.05, 0.1) is 4.90 Å². The zero-order chi connectivity index (χ0) is 16.4. The first-order valence-corrected chi connectivity index (χ1v) is 7.87. The number of nitrogens with two attached hydrogens (primary N) is 1.